The zero-order chi connectivity index (χ0) is 14.3. The molecule has 0 unspecified atom stereocenters. The lowest BCUT2D eigenvalue weighted by atomic mass is 10.1. The molecule has 1 nitrogen and oxygen atoms in total. The predicted molar refractivity (Wildman–Crippen MR) is 79.7 cm³/mol. The minimum atomic E-state index is -0.853. The first kappa shape index (κ1) is 15.4. The summed E-state index contributed by atoms with van der Waals surface area (Å²) in [6.45, 7) is 0. The van der Waals surface area contributed by atoms with E-state index in [2.05, 4.69) is 4.98 Å². The van der Waals surface area contributed by atoms with E-state index in [-0.39, 0.29) is 41.3 Å². The van der Waals surface area contributed by atoms with E-state index < -0.39 is 5.95 Å². The molecule has 1 aromatic carbocycles. The van der Waals surface area contributed by atoms with Crippen molar-refractivity contribution < 1.29 is 4.39 Å². The van der Waals surface area contributed by atoms with Gasteiger partial charge in [0.2, 0.25) is 5.95 Å². The number of pyridine rings is 1. The van der Waals surface area contributed by atoms with Gasteiger partial charge in [-0.1, -0.05) is 69.6 Å². The van der Waals surface area contributed by atoms with E-state index in [1.807, 2.05) is 0 Å². The maximum absolute atomic E-state index is 13.4. The fourth-order valence-corrected chi connectivity index (χ4v) is 3.00. The fraction of sp³-hybridized carbons (Fsp3) is 0. The Kier molecular flexibility index (Phi) is 4.71. The van der Waals surface area contributed by atoms with Crippen LogP contribution in [-0.2, 0) is 0 Å². The van der Waals surface area contributed by atoms with Gasteiger partial charge in [-0.25, -0.2) is 4.98 Å². The number of hydrogen-bond acceptors (Lipinski definition) is 1. The van der Waals surface area contributed by atoms with E-state index in [0.717, 1.165) is 0 Å². The molecule has 8 heteroatoms. The molecule has 2 rings (SSSR count). The lowest BCUT2D eigenvalue weighted by Gasteiger charge is -2.13. The second kappa shape index (κ2) is 5.80. The average Bonchev–Trinajstić information content (AvgIpc) is 2.39. The maximum atomic E-state index is 13.4. The molecule has 1 aromatic heterocycles. The first-order chi connectivity index (χ1) is 8.86. The third-order valence-electron chi connectivity index (χ3n) is 2.33. The summed E-state index contributed by atoms with van der Waals surface area (Å²) < 4.78 is 13.4. The molecule has 0 spiro atoms. The van der Waals surface area contributed by atoms with Gasteiger partial charge in [-0.15, -0.1) is 0 Å². The van der Waals surface area contributed by atoms with E-state index >= 15 is 0 Å². The molecule has 0 aliphatic heterocycles. The van der Waals surface area contributed by atoms with Crippen molar-refractivity contribution in [3.05, 3.63) is 48.3 Å². The van der Waals surface area contributed by atoms with Crippen LogP contribution in [0.3, 0.4) is 0 Å². The van der Waals surface area contributed by atoms with Crippen molar-refractivity contribution in [3.63, 3.8) is 0 Å². The summed E-state index contributed by atoms with van der Waals surface area (Å²) in [6, 6.07) is 1.44. The summed E-state index contributed by atoms with van der Waals surface area (Å²) in [5, 5.41) is -0.113. The normalized spacial score (nSPS) is 10.9. The van der Waals surface area contributed by atoms with Gasteiger partial charge in [0.05, 0.1) is 25.1 Å². The number of hydrogen-bond donors (Lipinski definition) is 0. The van der Waals surface area contributed by atoms with Crippen LogP contribution in [0.15, 0.2) is 12.3 Å². The summed E-state index contributed by atoms with van der Waals surface area (Å²) in [7, 11) is 0. The molecule has 0 amide bonds. The Balaban J connectivity index is 2.87. The van der Waals surface area contributed by atoms with Crippen molar-refractivity contribution in [2.45, 2.75) is 0 Å². The first-order valence-corrected chi connectivity index (χ1v) is 6.94. The average molecular weight is 380 g/mol. The third-order valence-corrected chi connectivity index (χ3v) is 4.96. The van der Waals surface area contributed by atoms with Crippen LogP contribution in [0, 0.1) is 5.95 Å². The van der Waals surface area contributed by atoms with E-state index in [9.17, 15) is 4.39 Å². The lowest BCUT2D eigenvalue weighted by Crippen LogP contribution is -1.91. The zero-order valence-electron chi connectivity index (χ0n) is 8.75. The number of nitrogens with zero attached hydrogens (tertiary/aromatic N) is 1. The molecule has 0 N–H and O–H groups in total. The van der Waals surface area contributed by atoms with Gasteiger partial charge >= 0.3 is 0 Å². The molecular formula is C11H2Cl6FN. The summed E-state index contributed by atoms with van der Waals surface area (Å²) >= 11 is 35.7. The standard InChI is InChI=1S/C11H2Cl6FN/c12-5-3(1-2-19-11(5)18)4-6(13)8(15)10(17)9(16)7(4)14/h1-2H. The molecule has 0 aliphatic rings. The van der Waals surface area contributed by atoms with Crippen LogP contribution in [0.4, 0.5) is 4.39 Å². The van der Waals surface area contributed by atoms with Crippen molar-refractivity contribution in [2.24, 2.45) is 0 Å². The second-order valence-corrected chi connectivity index (χ2v) is 5.68. The highest BCUT2D eigenvalue weighted by atomic mass is 35.5. The van der Waals surface area contributed by atoms with Gasteiger partial charge in [-0.2, -0.15) is 4.39 Å². The zero-order valence-corrected chi connectivity index (χ0v) is 13.3. The number of benzene rings is 1. The van der Waals surface area contributed by atoms with Gasteiger partial charge in [0.1, 0.15) is 5.02 Å². The van der Waals surface area contributed by atoms with E-state index in [0.29, 0.717) is 0 Å². The van der Waals surface area contributed by atoms with Crippen LogP contribution in [0.2, 0.25) is 30.1 Å². The number of rotatable bonds is 1. The van der Waals surface area contributed by atoms with E-state index in [4.69, 9.17) is 69.6 Å². The molecule has 0 saturated heterocycles. The van der Waals surface area contributed by atoms with Gasteiger partial charge in [0.15, 0.2) is 0 Å². The van der Waals surface area contributed by atoms with E-state index in [1.165, 1.54) is 12.3 Å². The largest absolute Gasteiger partial charge is 0.232 e. The summed E-state index contributed by atoms with van der Waals surface area (Å²) in [5.41, 5.74) is 0.429. The Morgan fingerprint density at radius 2 is 1.21 bits per heavy atom. The third kappa shape index (κ3) is 2.63. The molecule has 2 aromatic rings. The topological polar surface area (TPSA) is 12.9 Å². The van der Waals surface area contributed by atoms with Gasteiger partial charge in [-0.05, 0) is 6.07 Å². The Morgan fingerprint density at radius 1 is 0.737 bits per heavy atom. The molecule has 0 fully saturated rings. The second-order valence-electron chi connectivity index (χ2n) is 3.41. The lowest BCUT2D eigenvalue weighted by molar-refractivity contribution is 0.585. The highest BCUT2D eigenvalue weighted by Crippen LogP contribution is 2.49. The van der Waals surface area contributed by atoms with E-state index in [1.54, 1.807) is 0 Å². The fourth-order valence-electron chi connectivity index (χ4n) is 1.45. The highest BCUT2D eigenvalue weighted by molar-refractivity contribution is 6.56. The Hall–Kier alpha value is 0.0400. The van der Waals surface area contributed by atoms with Crippen LogP contribution in [0.5, 0.6) is 0 Å². The predicted octanol–water partition coefficient (Wildman–Crippen LogP) is 6.81. The van der Waals surface area contributed by atoms with Gasteiger partial charge in [0.25, 0.3) is 0 Å². The van der Waals surface area contributed by atoms with Crippen molar-refractivity contribution >= 4 is 69.6 Å². The van der Waals surface area contributed by atoms with Crippen molar-refractivity contribution in [2.75, 3.05) is 0 Å². The summed E-state index contributed by atoms with van der Waals surface area (Å²) in [4.78, 5) is 3.41. The number of halogens is 7. The molecule has 100 valence electrons. The summed E-state index contributed by atoms with van der Waals surface area (Å²) in [5.74, 6) is -0.853. The molecule has 0 aliphatic carbocycles. The quantitative estimate of drug-likeness (QED) is 0.301. The van der Waals surface area contributed by atoms with Crippen LogP contribution in [0.25, 0.3) is 11.1 Å². The van der Waals surface area contributed by atoms with Crippen LogP contribution >= 0.6 is 69.6 Å². The molecule has 1 heterocycles. The molecule has 0 saturated carbocycles. The smallest absolute Gasteiger partial charge is 0.227 e. The van der Waals surface area contributed by atoms with Crippen molar-refractivity contribution in [3.8, 4) is 11.1 Å². The summed E-state index contributed by atoms with van der Waals surface area (Å²) in [6.07, 6.45) is 1.22. The SMILES string of the molecule is Fc1nccc(-c2c(Cl)c(Cl)c(Cl)c(Cl)c2Cl)c1Cl. The maximum Gasteiger partial charge on any atom is 0.232 e. The number of aromatic nitrogens is 1. The minimum Gasteiger partial charge on any atom is -0.227 e. The molecule has 0 atom stereocenters. The monoisotopic (exact) mass is 377 g/mol. The molecule has 0 radical (unpaired) electrons. The Morgan fingerprint density at radius 3 is 1.74 bits per heavy atom. The van der Waals surface area contributed by atoms with Crippen LogP contribution < -0.4 is 0 Å². The highest BCUT2D eigenvalue weighted by Gasteiger charge is 2.22. The first-order valence-electron chi connectivity index (χ1n) is 4.68. The molecular weight excluding hydrogens is 378 g/mol. The Labute approximate surface area is 138 Å². The minimum absolute atomic E-state index is 0.0148. The van der Waals surface area contributed by atoms with Crippen LogP contribution in [-0.4, -0.2) is 4.98 Å². The van der Waals surface area contributed by atoms with Crippen molar-refractivity contribution in [1.82, 2.24) is 4.98 Å². The van der Waals surface area contributed by atoms with Gasteiger partial charge in [-0.3, -0.25) is 0 Å². The van der Waals surface area contributed by atoms with Crippen molar-refractivity contribution in [1.29, 1.82) is 0 Å². The van der Waals surface area contributed by atoms with Gasteiger partial charge < -0.3 is 0 Å². The molecule has 0 bridgehead atoms. The molecule has 19 heavy (non-hydrogen) atoms. The van der Waals surface area contributed by atoms with Gasteiger partial charge in [0, 0.05) is 17.3 Å². The van der Waals surface area contributed by atoms with Crippen LogP contribution in [0.1, 0.15) is 0 Å². The Bertz CT molecular complexity index is 644.